The second-order valence-corrected chi connectivity index (χ2v) is 4.33. The first-order chi connectivity index (χ1) is 5.31. The summed E-state index contributed by atoms with van der Waals surface area (Å²) in [6, 6.07) is 0.222. The van der Waals surface area contributed by atoms with Crippen LogP contribution in [0.4, 0.5) is 0 Å². The van der Waals surface area contributed by atoms with Crippen molar-refractivity contribution >= 4 is 5.91 Å². The molecule has 0 saturated carbocycles. The number of amides is 1. The van der Waals surface area contributed by atoms with Crippen molar-refractivity contribution in [1.29, 1.82) is 0 Å². The first kappa shape index (κ1) is 11.4. The molecule has 0 aliphatic carbocycles. The Kier molecular flexibility index (Phi) is 4.24. The Labute approximate surface area is 74.9 Å². The predicted molar refractivity (Wildman–Crippen MR) is 51.0 cm³/mol. The molecule has 2 N–H and O–H groups in total. The van der Waals surface area contributed by atoms with Gasteiger partial charge in [0.1, 0.15) is 0 Å². The van der Waals surface area contributed by atoms with E-state index in [0.29, 0.717) is 6.54 Å². The summed E-state index contributed by atoms with van der Waals surface area (Å²) in [6.07, 6.45) is 0. The fourth-order valence-electron chi connectivity index (χ4n) is 0.718. The second-order valence-electron chi connectivity index (χ2n) is 4.33. The van der Waals surface area contributed by atoms with Gasteiger partial charge in [-0.05, 0) is 34.6 Å². The molecule has 0 bridgehead atoms. The molecular weight excluding hydrogens is 152 g/mol. The maximum Gasteiger partial charge on any atom is 0.234 e. The molecule has 0 unspecified atom stereocenters. The normalized spacial score (nSPS) is 11.8. The van der Waals surface area contributed by atoms with E-state index in [2.05, 4.69) is 10.6 Å². The first-order valence-electron chi connectivity index (χ1n) is 4.35. The molecule has 72 valence electrons. The van der Waals surface area contributed by atoms with Crippen molar-refractivity contribution < 1.29 is 4.79 Å². The van der Waals surface area contributed by atoms with Crippen LogP contribution in [-0.2, 0) is 4.79 Å². The minimum atomic E-state index is 0.00825. The van der Waals surface area contributed by atoms with Gasteiger partial charge in [-0.3, -0.25) is 4.79 Å². The molecule has 3 heteroatoms. The van der Waals surface area contributed by atoms with Crippen LogP contribution in [0.5, 0.6) is 0 Å². The van der Waals surface area contributed by atoms with Gasteiger partial charge in [0.25, 0.3) is 0 Å². The van der Waals surface area contributed by atoms with E-state index in [4.69, 9.17) is 0 Å². The number of hydrogen-bond donors (Lipinski definition) is 2. The highest BCUT2D eigenvalue weighted by molar-refractivity contribution is 5.78. The van der Waals surface area contributed by atoms with Gasteiger partial charge in [-0.2, -0.15) is 0 Å². The smallest absolute Gasteiger partial charge is 0.234 e. The van der Waals surface area contributed by atoms with Gasteiger partial charge in [0, 0.05) is 11.6 Å². The van der Waals surface area contributed by atoms with Crippen LogP contribution in [0.2, 0.25) is 0 Å². The molecule has 12 heavy (non-hydrogen) atoms. The van der Waals surface area contributed by atoms with Crippen molar-refractivity contribution in [3.63, 3.8) is 0 Å². The van der Waals surface area contributed by atoms with Crippen molar-refractivity contribution in [1.82, 2.24) is 10.6 Å². The van der Waals surface area contributed by atoms with E-state index in [1.807, 2.05) is 34.6 Å². The summed E-state index contributed by atoms with van der Waals surface area (Å²) in [6.45, 7) is 10.4. The van der Waals surface area contributed by atoms with E-state index in [1.165, 1.54) is 0 Å². The van der Waals surface area contributed by atoms with E-state index < -0.39 is 0 Å². The van der Waals surface area contributed by atoms with Gasteiger partial charge < -0.3 is 10.6 Å². The molecule has 0 atom stereocenters. The molecule has 0 spiro atoms. The van der Waals surface area contributed by atoms with Crippen molar-refractivity contribution in [3.8, 4) is 0 Å². The highest BCUT2D eigenvalue weighted by Crippen LogP contribution is 1.96. The Morgan fingerprint density at radius 3 is 2.17 bits per heavy atom. The molecule has 3 nitrogen and oxygen atoms in total. The zero-order chi connectivity index (χ0) is 9.78. The summed E-state index contributed by atoms with van der Waals surface area (Å²) >= 11 is 0. The number of carbonyl (C=O) groups excluding carboxylic acids is 1. The predicted octanol–water partition coefficient (Wildman–Crippen LogP) is 0.899. The summed E-state index contributed by atoms with van der Waals surface area (Å²) in [7, 11) is 0. The summed E-state index contributed by atoms with van der Waals surface area (Å²) in [5.41, 5.74) is 0.00825. The van der Waals surface area contributed by atoms with E-state index in [-0.39, 0.29) is 17.5 Å². The van der Waals surface area contributed by atoms with Gasteiger partial charge in [0.05, 0.1) is 6.54 Å². The lowest BCUT2D eigenvalue weighted by molar-refractivity contribution is -0.121. The number of carbonyl (C=O) groups is 1. The largest absolute Gasteiger partial charge is 0.353 e. The molecule has 0 aromatic rings. The summed E-state index contributed by atoms with van der Waals surface area (Å²) in [4.78, 5) is 11.1. The zero-order valence-corrected chi connectivity index (χ0v) is 8.69. The molecule has 0 aliphatic heterocycles. The number of hydrogen-bond acceptors (Lipinski definition) is 2. The van der Waals surface area contributed by atoms with Crippen molar-refractivity contribution in [2.75, 3.05) is 6.54 Å². The standard InChI is InChI=1S/C9H20N2O/c1-7(2)11-8(12)6-10-9(3,4)5/h7,10H,6H2,1-5H3,(H,11,12). The van der Waals surface area contributed by atoms with Crippen LogP contribution < -0.4 is 10.6 Å². The quantitative estimate of drug-likeness (QED) is 0.664. The Hall–Kier alpha value is -0.570. The van der Waals surface area contributed by atoms with Gasteiger partial charge in [-0.1, -0.05) is 0 Å². The molecule has 0 aromatic carbocycles. The fraction of sp³-hybridized carbons (Fsp3) is 0.889. The molecule has 0 heterocycles. The maximum atomic E-state index is 11.1. The Bertz CT molecular complexity index is 147. The average Bonchev–Trinajstić information content (AvgIpc) is 1.80. The van der Waals surface area contributed by atoms with Crippen LogP contribution in [0.15, 0.2) is 0 Å². The molecule has 0 rings (SSSR count). The molecule has 0 saturated heterocycles. The van der Waals surface area contributed by atoms with E-state index >= 15 is 0 Å². The summed E-state index contributed by atoms with van der Waals surface area (Å²) in [5.74, 6) is 0.0555. The summed E-state index contributed by atoms with van der Waals surface area (Å²) < 4.78 is 0. The Morgan fingerprint density at radius 2 is 1.83 bits per heavy atom. The van der Waals surface area contributed by atoms with E-state index in [1.54, 1.807) is 0 Å². The van der Waals surface area contributed by atoms with Crippen molar-refractivity contribution in [3.05, 3.63) is 0 Å². The maximum absolute atomic E-state index is 11.1. The second kappa shape index (κ2) is 4.45. The fourth-order valence-corrected chi connectivity index (χ4v) is 0.718. The van der Waals surface area contributed by atoms with Crippen LogP contribution in [0.1, 0.15) is 34.6 Å². The summed E-state index contributed by atoms with van der Waals surface area (Å²) in [5, 5.41) is 5.93. The monoisotopic (exact) mass is 172 g/mol. The van der Waals surface area contributed by atoms with Crippen LogP contribution >= 0.6 is 0 Å². The SMILES string of the molecule is CC(C)NC(=O)CNC(C)(C)C. The van der Waals surface area contributed by atoms with Gasteiger partial charge in [0.15, 0.2) is 0 Å². The number of rotatable bonds is 3. The lowest BCUT2D eigenvalue weighted by atomic mass is 10.1. The third-order valence-electron chi connectivity index (χ3n) is 1.23. The first-order valence-corrected chi connectivity index (χ1v) is 4.35. The Morgan fingerprint density at radius 1 is 1.33 bits per heavy atom. The van der Waals surface area contributed by atoms with Crippen molar-refractivity contribution in [2.24, 2.45) is 0 Å². The lowest BCUT2D eigenvalue weighted by Crippen LogP contribution is -2.44. The van der Waals surface area contributed by atoms with Gasteiger partial charge in [-0.15, -0.1) is 0 Å². The zero-order valence-electron chi connectivity index (χ0n) is 8.69. The van der Waals surface area contributed by atoms with Crippen LogP contribution in [-0.4, -0.2) is 24.0 Å². The van der Waals surface area contributed by atoms with Crippen LogP contribution in [0.25, 0.3) is 0 Å². The highest BCUT2D eigenvalue weighted by Gasteiger charge is 2.11. The van der Waals surface area contributed by atoms with E-state index in [0.717, 1.165) is 0 Å². The molecular formula is C9H20N2O. The van der Waals surface area contributed by atoms with Crippen molar-refractivity contribution in [2.45, 2.75) is 46.2 Å². The van der Waals surface area contributed by atoms with Crippen LogP contribution in [0, 0.1) is 0 Å². The molecule has 0 aromatic heterocycles. The van der Waals surface area contributed by atoms with Gasteiger partial charge in [0.2, 0.25) is 5.91 Å². The third kappa shape index (κ3) is 7.54. The van der Waals surface area contributed by atoms with Gasteiger partial charge >= 0.3 is 0 Å². The molecule has 1 amide bonds. The average molecular weight is 172 g/mol. The lowest BCUT2D eigenvalue weighted by Gasteiger charge is -2.20. The molecule has 0 radical (unpaired) electrons. The van der Waals surface area contributed by atoms with E-state index in [9.17, 15) is 4.79 Å². The molecule has 0 fully saturated rings. The minimum Gasteiger partial charge on any atom is -0.353 e. The van der Waals surface area contributed by atoms with Crippen LogP contribution in [0.3, 0.4) is 0 Å². The minimum absolute atomic E-state index is 0.00825. The highest BCUT2D eigenvalue weighted by atomic mass is 16.1. The number of nitrogens with one attached hydrogen (secondary N) is 2. The topological polar surface area (TPSA) is 41.1 Å². The Balaban J connectivity index is 3.58. The third-order valence-corrected chi connectivity index (χ3v) is 1.23. The van der Waals surface area contributed by atoms with Gasteiger partial charge in [-0.25, -0.2) is 0 Å². The molecule has 0 aliphatic rings.